The lowest BCUT2D eigenvalue weighted by Gasteiger charge is -2.21. The number of carboxylic acids is 1. The largest absolute Gasteiger partial charge is 0.481 e. The lowest BCUT2D eigenvalue weighted by atomic mass is 9.87. The van der Waals surface area contributed by atoms with Crippen LogP contribution in [-0.4, -0.2) is 44.9 Å². The molecule has 1 aliphatic rings. The van der Waals surface area contributed by atoms with E-state index in [9.17, 15) is 14.7 Å². The molecule has 1 atom stereocenters. The number of urea groups is 1. The maximum absolute atomic E-state index is 12.6. The number of nitrogens with one attached hydrogen (secondary N) is 1. The SMILES string of the molecule is CC1(C(=O)O)CCN(C(=O)Nc2ccnn2Cc2ccc(C(C)(C)C)cc2)C1. The number of amides is 2. The van der Waals surface area contributed by atoms with Gasteiger partial charge in [-0.15, -0.1) is 0 Å². The Hall–Kier alpha value is -2.83. The summed E-state index contributed by atoms with van der Waals surface area (Å²) in [5, 5.41) is 16.5. The summed E-state index contributed by atoms with van der Waals surface area (Å²) in [5.74, 6) is -0.277. The van der Waals surface area contributed by atoms with Crippen LogP contribution < -0.4 is 5.32 Å². The summed E-state index contributed by atoms with van der Waals surface area (Å²) in [5.41, 5.74) is 1.57. The maximum Gasteiger partial charge on any atom is 0.323 e. The van der Waals surface area contributed by atoms with Crippen molar-refractivity contribution in [3.63, 3.8) is 0 Å². The van der Waals surface area contributed by atoms with Gasteiger partial charge in [-0.3, -0.25) is 10.1 Å². The molecule has 2 heterocycles. The van der Waals surface area contributed by atoms with E-state index in [1.54, 1.807) is 28.8 Å². The van der Waals surface area contributed by atoms with Crippen molar-refractivity contribution in [1.29, 1.82) is 0 Å². The third-order valence-electron chi connectivity index (χ3n) is 5.38. The standard InChI is InChI=1S/C21H28N4O3/c1-20(2,3)16-7-5-15(6-8-16)13-25-17(9-11-22-25)23-19(28)24-12-10-21(4,14-24)18(26)27/h5-9,11H,10,12-14H2,1-4H3,(H,23,28)(H,26,27). The van der Waals surface area contributed by atoms with Crippen LogP contribution in [0.1, 0.15) is 45.2 Å². The van der Waals surface area contributed by atoms with E-state index < -0.39 is 11.4 Å². The second-order valence-corrected chi connectivity index (χ2v) is 8.79. The lowest BCUT2D eigenvalue weighted by molar-refractivity contribution is -0.146. The van der Waals surface area contributed by atoms with Crippen LogP contribution in [0.2, 0.25) is 0 Å². The monoisotopic (exact) mass is 384 g/mol. The summed E-state index contributed by atoms with van der Waals surface area (Å²) >= 11 is 0. The molecule has 0 bridgehead atoms. The fraction of sp³-hybridized carbons (Fsp3) is 0.476. The minimum Gasteiger partial charge on any atom is -0.481 e. The molecule has 1 aromatic heterocycles. The summed E-state index contributed by atoms with van der Waals surface area (Å²) in [4.78, 5) is 25.5. The van der Waals surface area contributed by atoms with Crippen LogP contribution in [0.3, 0.4) is 0 Å². The van der Waals surface area contributed by atoms with Gasteiger partial charge in [-0.1, -0.05) is 45.0 Å². The highest BCUT2D eigenvalue weighted by Gasteiger charge is 2.42. The Balaban J connectivity index is 1.66. The Kier molecular flexibility index (Phi) is 5.19. The van der Waals surface area contributed by atoms with Gasteiger partial charge in [0, 0.05) is 19.2 Å². The summed E-state index contributed by atoms with van der Waals surface area (Å²) in [6, 6.07) is 9.84. The number of anilines is 1. The van der Waals surface area contributed by atoms with Crippen molar-refractivity contribution >= 4 is 17.8 Å². The van der Waals surface area contributed by atoms with E-state index in [-0.39, 0.29) is 18.0 Å². The first-order valence-corrected chi connectivity index (χ1v) is 9.49. The molecule has 0 saturated carbocycles. The molecule has 3 rings (SSSR count). The van der Waals surface area contributed by atoms with Gasteiger partial charge in [-0.25, -0.2) is 9.48 Å². The number of likely N-dealkylation sites (tertiary alicyclic amines) is 1. The zero-order valence-corrected chi connectivity index (χ0v) is 16.9. The molecule has 0 aliphatic carbocycles. The molecule has 1 aromatic carbocycles. The third kappa shape index (κ3) is 4.18. The third-order valence-corrected chi connectivity index (χ3v) is 5.38. The van der Waals surface area contributed by atoms with E-state index in [1.807, 2.05) is 0 Å². The van der Waals surface area contributed by atoms with Crippen molar-refractivity contribution < 1.29 is 14.7 Å². The Morgan fingerprint density at radius 3 is 2.46 bits per heavy atom. The summed E-state index contributed by atoms with van der Waals surface area (Å²) in [6.45, 7) is 9.38. The molecule has 2 amide bonds. The predicted molar refractivity (Wildman–Crippen MR) is 107 cm³/mol. The first-order valence-electron chi connectivity index (χ1n) is 9.49. The van der Waals surface area contributed by atoms with Gasteiger partial charge in [0.25, 0.3) is 0 Å². The number of carbonyl (C=O) groups excluding carboxylic acids is 1. The predicted octanol–water partition coefficient (Wildman–Crippen LogP) is 3.56. The van der Waals surface area contributed by atoms with Crippen molar-refractivity contribution in [2.24, 2.45) is 5.41 Å². The fourth-order valence-electron chi connectivity index (χ4n) is 3.35. The normalized spacial score (nSPS) is 19.6. The molecule has 0 radical (unpaired) electrons. The van der Waals surface area contributed by atoms with Crippen molar-refractivity contribution in [2.45, 2.75) is 46.1 Å². The number of hydrogen-bond donors (Lipinski definition) is 2. The second kappa shape index (κ2) is 7.30. The van der Waals surface area contributed by atoms with E-state index in [0.717, 1.165) is 5.56 Å². The average molecular weight is 384 g/mol. The molecule has 1 aliphatic heterocycles. The summed E-state index contributed by atoms with van der Waals surface area (Å²) in [7, 11) is 0. The molecule has 7 nitrogen and oxygen atoms in total. The van der Waals surface area contributed by atoms with E-state index in [1.165, 1.54) is 5.56 Å². The molecule has 2 N–H and O–H groups in total. The number of benzene rings is 1. The van der Waals surface area contributed by atoms with Crippen LogP contribution in [0.5, 0.6) is 0 Å². The van der Waals surface area contributed by atoms with Gasteiger partial charge in [0.1, 0.15) is 5.82 Å². The maximum atomic E-state index is 12.6. The van der Waals surface area contributed by atoms with Crippen LogP contribution in [0, 0.1) is 5.41 Å². The smallest absolute Gasteiger partial charge is 0.323 e. The van der Waals surface area contributed by atoms with Crippen LogP contribution >= 0.6 is 0 Å². The van der Waals surface area contributed by atoms with Crippen LogP contribution in [0.15, 0.2) is 36.5 Å². The van der Waals surface area contributed by atoms with Crippen molar-refractivity contribution in [2.75, 3.05) is 18.4 Å². The Morgan fingerprint density at radius 1 is 1.21 bits per heavy atom. The Labute approximate surface area is 165 Å². The van der Waals surface area contributed by atoms with Crippen LogP contribution in [0.4, 0.5) is 10.6 Å². The van der Waals surface area contributed by atoms with Gasteiger partial charge in [-0.05, 0) is 29.9 Å². The van der Waals surface area contributed by atoms with Gasteiger partial charge in [0.05, 0.1) is 18.2 Å². The number of carbonyl (C=O) groups is 2. The highest BCUT2D eigenvalue weighted by Crippen LogP contribution is 2.30. The highest BCUT2D eigenvalue weighted by molar-refractivity contribution is 5.89. The van der Waals surface area contributed by atoms with E-state index in [2.05, 4.69) is 55.5 Å². The van der Waals surface area contributed by atoms with Gasteiger partial charge in [0.2, 0.25) is 0 Å². The molecule has 1 saturated heterocycles. The number of rotatable bonds is 4. The second-order valence-electron chi connectivity index (χ2n) is 8.79. The van der Waals surface area contributed by atoms with Gasteiger partial charge >= 0.3 is 12.0 Å². The minimum atomic E-state index is -0.883. The van der Waals surface area contributed by atoms with E-state index >= 15 is 0 Å². The average Bonchev–Trinajstić information content (AvgIpc) is 3.22. The molecular formula is C21H28N4O3. The topological polar surface area (TPSA) is 87.5 Å². The van der Waals surface area contributed by atoms with Crippen LogP contribution in [-0.2, 0) is 16.8 Å². The van der Waals surface area contributed by atoms with Crippen molar-refractivity contribution in [3.05, 3.63) is 47.7 Å². The molecule has 1 unspecified atom stereocenters. The van der Waals surface area contributed by atoms with Crippen molar-refractivity contribution in [3.8, 4) is 0 Å². The minimum absolute atomic E-state index is 0.101. The number of hydrogen-bond acceptors (Lipinski definition) is 3. The first kappa shape index (κ1) is 19.9. The molecule has 150 valence electrons. The Bertz CT molecular complexity index is 867. The zero-order chi connectivity index (χ0) is 20.5. The molecule has 0 spiro atoms. The van der Waals surface area contributed by atoms with Crippen molar-refractivity contribution in [1.82, 2.24) is 14.7 Å². The molecule has 28 heavy (non-hydrogen) atoms. The molecule has 1 fully saturated rings. The number of aromatic nitrogens is 2. The lowest BCUT2D eigenvalue weighted by Crippen LogP contribution is -2.37. The quantitative estimate of drug-likeness (QED) is 0.844. The number of aliphatic carboxylic acids is 1. The van der Waals surface area contributed by atoms with Gasteiger partial charge in [-0.2, -0.15) is 5.10 Å². The van der Waals surface area contributed by atoms with Crippen LogP contribution in [0.25, 0.3) is 0 Å². The summed E-state index contributed by atoms with van der Waals surface area (Å²) in [6.07, 6.45) is 2.10. The molecular weight excluding hydrogens is 356 g/mol. The molecule has 2 aromatic rings. The Morgan fingerprint density at radius 2 is 1.89 bits per heavy atom. The van der Waals surface area contributed by atoms with E-state index in [0.29, 0.717) is 25.3 Å². The zero-order valence-electron chi connectivity index (χ0n) is 16.9. The highest BCUT2D eigenvalue weighted by atomic mass is 16.4. The number of nitrogens with zero attached hydrogens (tertiary/aromatic N) is 3. The van der Waals surface area contributed by atoms with Gasteiger partial charge < -0.3 is 10.0 Å². The molecule has 7 heteroatoms. The summed E-state index contributed by atoms with van der Waals surface area (Å²) < 4.78 is 1.73. The first-order chi connectivity index (χ1) is 13.1. The van der Waals surface area contributed by atoms with Gasteiger partial charge in [0.15, 0.2) is 0 Å². The van der Waals surface area contributed by atoms with E-state index in [4.69, 9.17) is 0 Å². The number of carboxylic acid groups (broad SMARTS) is 1. The fourth-order valence-corrected chi connectivity index (χ4v) is 3.35.